The van der Waals surface area contributed by atoms with Crippen LogP contribution in [0, 0.1) is 11.8 Å². The van der Waals surface area contributed by atoms with Gasteiger partial charge in [-0.1, -0.05) is 13.8 Å². The van der Waals surface area contributed by atoms with Crippen LogP contribution >= 0.6 is 0 Å². The summed E-state index contributed by atoms with van der Waals surface area (Å²) >= 11 is 0. The standard InChI is InChI=1S/C20H29N3O5S/c1-14-9-15(2)12-22(11-14)19(24)13-28-18-6-5-16(10-17(18)20(21)25)29(26,27)23-7-3-4-8-23/h5-6,10,14-15H,3-4,7-9,11-13H2,1-2H3,(H2,21,25)/t14-,15+. The van der Waals surface area contributed by atoms with Crippen LogP contribution in [0.5, 0.6) is 5.75 Å². The second kappa shape index (κ2) is 8.71. The zero-order chi connectivity index (χ0) is 21.2. The number of benzene rings is 1. The summed E-state index contributed by atoms with van der Waals surface area (Å²) in [5, 5.41) is 0. The first-order valence-electron chi connectivity index (χ1n) is 10.0. The summed E-state index contributed by atoms with van der Waals surface area (Å²) in [5.74, 6) is 0.0148. The van der Waals surface area contributed by atoms with Crippen molar-refractivity contribution in [1.29, 1.82) is 0 Å². The second-order valence-corrected chi connectivity index (χ2v) is 10.1. The van der Waals surface area contributed by atoms with Gasteiger partial charge in [-0.05, 0) is 49.3 Å². The number of amides is 2. The molecular weight excluding hydrogens is 394 g/mol. The van der Waals surface area contributed by atoms with Gasteiger partial charge in [-0.2, -0.15) is 4.31 Å². The van der Waals surface area contributed by atoms with Crippen molar-refractivity contribution in [3.63, 3.8) is 0 Å². The molecule has 0 aliphatic carbocycles. The van der Waals surface area contributed by atoms with Crippen LogP contribution in [0.1, 0.15) is 43.5 Å². The second-order valence-electron chi connectivity index (χ2n) is 8.17. The number of nitrogens with two attached hydrogens (primary N) is 1. The van der Waals surface area contributed by atoms with E-state index in [0.717, 1.165) is 19.3 Å². The highest BCUT2D eigenvalue weighted by Gasteiger charge is 2.29. The molecule has 0 radical (unpaired) electrons. The first kappa shape index (κ1) is 21.6. The lowest BCUT2D eigenvalue weighted by Crippen LogP contribution is -2.44. The number of hydrogen-bond donors (Lipinski definition) is 1. The quantitative estimate of drug-likeness (QED) is 0.745. The minimum atomic E-state index is -3.68. The van der Waals surface area contributed by atoms with Crippen molar-refractivity contribution in [1.82, 2.24) is 9.21 Å². The Balaban J connectivity index is 1.74. The third kappa shape index (κ3) is 4.90. The number of hydrogen-bond acceptors (Lipinski definition) is 5. The molecule has 0 spiro atoms. The summed E-state index contributed by atoms with van der Waals surface area (Å²) in [6.07, 6.45) is 2.72. The highest BCUT2D eigenvalue weighted by molar-refractivity contribution is 7.89. The molecule has 3 rings (SSSR count). The largest absolute Gasteiger partial charge is 0.483 e. The number of ether oxygens (including phenoxy) is 1. The molecular formula is C20H29N3O5S. The van der Waals surface area contributed by atoms with Crippen molar-refractivity contribution in [2.24, 2.45) is 17.6 Å². The Morgan fingerprint density at radius 1 is 1.14 bits per heavy atom. The van der Waals surface area contributed by atoms with Crippen molar-refractivity contribution >= 4 is 21.8 Å². The molecule has 29 heavy (non-hydrogen) atoms. The van der Waals surface area contributed by atoms with Gasteiger partial charge in [0.15, 0.2) is 6.61 Å². The zero-order valence-corrected chi connectivity index (χ0v) is 17.8. The number of likely N-dealkylation sites (tertiary alicyclic amines) is 1. The highest BCUT2D eigenvalue weighted by Crippen LogP contribution is 2.27. The Bertz CT molecular complexity index is 870. The summed E-state index contributed by atoms with van der Waals surface area (Å²) < 4.78 is 32.4. The van der Waals surface area contributed by atoms with Gasteiger partial charge in [0, 0.05) is 26.2 Å². The maximum absolute atomic E-state index is 12.7. The van der Waals surface area contributed by atoms with Gasteiger partial charge in [-0.3, -0.25) is 9.59 Å². The maximum Gasteiger partial charge on any atom is 0.260 e. The number of nitrogens with zero attached hydrogens (tertiary/aromatic N) is 2. The van der Waals surface area contributed by atoms with Crippen LogP contribution in [0.3, 0.4) is 0 Å². The lowest BCUT2D eigenvalue weighted by Gasteiger charge is -2.34. The monoisotopic (exact) mass is 423 g/mol. The van der Waals surface area contributed by atoms with Gasteiger partial charge in [0.2, 0.25) is 10.0 Å². The molecule has 0 bridgehead atoms. The van der Waals surface area contributed by atoms with Gasteiger partial charge < -0.3 is 15.4 Å². The van der Waals surface area contributed by atoms with Crippen molar-refractivity contribution in [2.75, 3.05) is 32.8 Å². The van der Waals surface area contributed by atoms with Crippen molar-refractivity contribution < 1.29 is 22.7 Å². The van der Waals surface area contributed by atoms with Crippen LogP contribution < -0.4 is 10.5 Å². The molecule has 0 aromatic heterocycles. The van der Waals surface area contributed by atoms with E-state index in [1.807, 2.05) is 0 Å². The minimum Gasteiger partial charge on any atom is -0.483 e. The summed E-state index contributed by atoms with van der Waals surface area (Å²) in [4.78, 5) is 26.2. The van der Waals surface area contributed by atoms with Gasteiger partial charge >= 0.3 is 0 Å². The fourth-order valence-corrected chi connectivity index (χ4v) is 5.71. The summed E-state index contributed by atoms with van der Waals surface area (Å²) in [6.45, 7) is 6.30. The van der Waals surface area contributed by atoms with E-state index >= 15 is 0 Å². The SMILES string of the molecule is C[C@@H]1C[C@H](C)CN(C(=O)COc2ccc(S(=O)(=O)N3CCCC3)cc2C(N)=O)C1. The molecule has 160 valence electrons. The summed E-state index contributed by atoms with van der Waals surface area (Å²) in [7, 11) is -3.68. The van der Waals surface area contributed by atoms with Gasteiger partial charge in [0.05, 0.1) is 10.5 Å². The van der Waals surface area contributed by atoms with Gasteiger partial charge in [-0.15, -0.1) is 0 Å². The molecule has 8 nitrogen and oxygen atoms in total. The third-order valence-electron chi connectivity index (χ3n) is 5.49. The number of piperidine rings is 1. The lowest BCUT2D eigenvalue weighted by atomic mass is 9.92. The molecule has 0 saturated carbocycles. The predicted octanol–water partition coefficient (Wildman–Crippen LogP) is 1.45. The Labute approximate surface area is 172 Å². The molecule has 9 heteroatoms. The van der Waals surface area contributed by atoms with Gasteiger partial charge in [0.25, 0.3) is 11.8 Å². The third-order valence-corrected chi connectivity index (χ3v) is 7.39. The Morgan fingerprint density at radius 3 is 2.34 bits per heavy atom. The van der Waals surface area contributed by atoms with Crippen LogP contribution in [0.2, 0.25) is 0 Å². The molecule has 1 aromatic rings. The van der Waals surface area contributed by atoms with Crippen molar-refractivity contribution in [3.05, 3.63) is 23.8 Å². The smallest absolute Gasteiger partial charge is 0.260 e. The van der Waals surface area contributed by atoms with E-state index in [4.69, 9.17) is 10.5 Å². The Morgan fingerprint density at radius 2 is 1.76 bits per heavy atom. The number of carbonyl (C=O) groups excluding carboxylic acids is 2. The average molecular weight is 424 g/mol. The fourth-order valence-electron chi connectivity index (χ4n) is 4.16. The van der Waals surface area contributed by atoms with E-state index in [-0.39, 0.29) is 28.7 Å². The molecule has 2 aliphatic heterocycles. The van der Waals surface area contributed by atoms with E-state index in [2.05, 4.69) is 13.8 Å². The number of rotatable bonds is 6. The minimum absolute atomic E-state index is 0.00515. The van der Waals surface area contributed by atoms with E-state index in [1.54, 1.807) is 4.90 Å². The zero-order valence-electron chi connectivity index (χ0n) is 17.0. The summed E-state index contributed by atoms with van der Waals surface area (Å²) in [6, 6.07) is 4.03. The molecule has 2 fully saturated rings. The molecule has 2 amide bonds. The molecule has 0 unspecified atom stereocenters. The Kier molecular flexibility index (Phi) is 6.48. The van der Waals surface area contributed by atoms with Crippen molar-refractivity contribution in [2.45, 2.75) is 38.0 Å². The van der Waals surface area contributed by atoms with Crippen LogP contribution in [0.4, 0.5) is 0 Å². The van der Waals surface area contributed by atoms with Crippen LogP contribution in [0.25, 0.3) is 0 Å². The first-order valence-corrected chi connectivity index (χ1v) is 11.5. The van der Waals surface area contributed by atoms with E-state index in [1.165, 1.54) is 22.5 Å². The number of primary amides is 1. The fraction of sp³-hybridized carbons (Fsp3) is 0.600. The molecule has 2 aliphatic rings. The van der Waals surface area contributed by atoms with Crippen LogP contribution in [-0.4, -0.2) is 62.2 Å². The van der Waals surface area contributed by atoms with Gasteiger partial charge in [-0.25, -0.2) is 8.42 Å². The Hall–Kier alpha value is -2.13. The normalized spacial score (nSPS) is 23.2. The molecule has 2 N–H and O–H groups in total. The van der Waals surface area contributed by atoms with Crippen LogP contribution in [-0.2, 0) is 14.8 Å². The maximum atomic E-state index is 12.7. The predicted molar refractivity (Wildman–Crippen MR) is 108 cm³/mol. The lowest BCUT2D eigenvalue weighted by molar-refractivity contribution is -0.136. The van der Waals surface area contributed by atoms with E-state index in [0.29, 0.717) is 38.0 Å². The topological polar surface area (TPSA) is 110 Å². The first-order chi connectivity index (χ1) is 13.7. The highest BCUT2D eigenvalue weighted by atomic mass is 32.2. The van der Waals surface area contributed by atoms with E-state index in [9.17, 15) is 18.0 Å². The molecule has 1 aromatic carbocycles. The molecule has 2 atom stereocenters. The number of sulfonamides is 1. The molecule has 2 heterocycles. The van der Waals surface area contributed by atoms with E-state index < -0.39 is 15.9 Å². The molecule has 2 saturated heterocycles. The average Bonchev–Trinajstić information content (AvgIpc) is 3.20. The van der Waals surface area contributed by atoms with Crippen molar-refractivity contribution in [3.8, 4) is 5.75 Å². The van der Waals surface area contributed by atoms with Gasteiger partial charge in [0.1, 0.15) is 5.75 Å². The number of carbonyl (C=O) groups is 2. The van der Waals surface area contributed by atoms with Crippen LogP contribution in [0.15, 0.2) is 23.1 Å². The summed E-state index contributed by atoms with van der Waals surface area (Å²) in [5.41, 5.74) is 5.40.